The van der Waals surface area contributed by atoms with Crippen molar-refractivity contribution in [3.8, 4) is 5.75 Å². The third kappa shape index (κ3) is 2.94. The Hall–Kier alpha value is -1.06. The first-order valence-corrected chi connectivity index (χ1v) is 5.41. The lowest BCUT2D eigenvalue weighted by Gasteiger charge is -2.31. The maximum Gasteiger partial charge on any atom is 0.115 e. The standard InChI is InChI=1S/C12H17NO2/c14-11-3-1-9(2-4-11)7-13-8-10-5-12(15)6-10/h1-4,10,12-15H,5-8H2. The highest BCUT2D eigenvalue weighted by Crippen LogP contribution is 2.26. The monoisotopic (exact) mass is 207 g/mol. The highest BCUT2D eigenvalue weighted by molar-refractivity contribution is 5.25. The Labute approximate surface area is 89.8 Å². The van der Waals surface area contributed by atoms with Crippen molar-refractivity contribution in [1.82, 2.24) is 5.32 Å². The van der Waals surface area contributed by atoms with Gasteiger partial charge in [-0.05, 0) is 43.0 Å². The van der Waals surface area contributed by atoms with Crippen LogP contribution in [0, 0.1) is 5.92 Å². The molecule has 1 aromatic rings. The van der Waals surface area contributed by atoms with Gasteiger partial charge in [0.05, 0.1) is 6.10 Å². The molecule has 1 saturated carbocycles. The van der Waals surface area contributed by atoms with E-state index in [0.29, 0.717) is 11.7 Å². The van der Waals surface area contributed by atoms with Crippen LogP contribution in [0.25, 0.3) is 0 Å². The van der Waals surface area contributed by atoms with E-state index in [2.05, 4.69) is 5.32 Å². The molecule has 82 valence electrons. The van der Waals surface area contributed by atoms with E-state index >= 15 is 0 Å². The van der Waals surface area contributed by atoms with Gasteiger partial charge in [-0.2, -0.15) is 0 Å². The minimum absolute atomic E-state index is 0.0644. The Morgan fingerprint density at radius 1 is 1.20 bits per heavy atom. The largest absolute Gasteiger partial charge is 0.508 e. The smallest absolute Gasteiger partial charge is 0.115 e. The van der Waals surface area contributed by atoms with E-state index in [1.54, 1.807) is 12.1 Å². The maximum absolute atomic E-state index is 9.11. The molecule has 0 atom stereocenters. The average molecular weight is 207 g/mol. The first-order chi connectivity index (χ1) is 7.24. The van der Waals surface area contributed by atoms with Crippen LogP contribution in [0.2, 0.25) is 0 Å². The van der Waals surface area contributed by atoms with Gasteiger partial charge in [0.15, 0.2) is 0 Å². The van der Waals surface area contributed by atoms with Gasteiger partial charge in [-0.15, -0.1) is 0 Å². The van der Waals surface area contributed by atoms with Crippen molar-refractivity contribution < 1.29 is 10.2 Å². The molecule has 0 spiro atoms. The van der Waals surface area contributed by atoms with E-state index in [9.17, 15) is 0 Å². The number of rotatable bonds is 4. The second-order valence-corrected chi connectivity index (χ2v) is 4.29. The Morgan fingerprint density at radius 2 is 1.87 bits per heavy atom. The van der Waals surface area contributed by atoms with Gasteiger partial charge in [-0.25, -0.2) is 0 Å². The fourth-order valence-electron chi connectivity index (χ4n) is 1.90. The quantitative estimate of drug-likeness (QED) is 0.696. The number of aliphatic hydroxyl groups is 1. The molecule has 0 aliphatic heterocycles. The molecule has 0 unspecified atom stereocenters. The van der Waals surface area contributed by atoms with Crippen molar-refractivity contribution in [1.29, 1.82) is 0 Å². The summed E-state index contributed by atoms with van der Waals surface area (Å²) >= 11 is 0. The van der Waals surface area contributed by atoms with Crippen LogP contribution in [0.4, 0.5) is 0 Å². The van der Waals surface area contributed by atoms with Crippen LogP contribution >= 0.6 is 0 Å². The lowest BCUT2D eigenvalue weighted by Crippen LogP contribution is -2.35. The zero-order valence-corrected chi connectivity index (χ0v) is 8.69. The summed E-state index contributed by atoms with van der Waals surface area (Å²) in [5.41, 5.74) is 1.17. The van der Waals surface area contributed by atoms with Gasteiger partial charge < -0.3 is 15.5 Å². The van der Waals surface area contributed by atoms with E-state index in [1.165, 1.54) is 5.56 Å². The van der Waals surface area contributed by atoms with Crippen molar-refractivity contribution >= 4 is 0 Å². The normalized spacial score (nSPS) is 24.9. The molecule has 15 heavy (non-hydrogen) atoms. The summed E-state index contributed by atoms with van der Waals surface area (Å²) in [4.78, 5) is 0. The summed E-state index contributed by atoms with van der Waals surface area (Å²) in [6.07, 6.45) is 1.80. The third-order valence-corrected chi connectivity index (χ3v) is 2.91. The van der Waals surface area contributed by atoms with Gasteiger partial charge >= 0.3 is 0 Å². The number of nitrogens with one attached hydrogen (secondary N) is 1. The molecule has 0 heterocycles. The molecular weight excluding hydrogens is 190 g/mol. The molecule has 0 radical (unpaired) electrons. The fraction of sp³-hybridized carbons (Fsp3) is 0.500. The summed E-state index contributed by atoms with van der Waals surface area (Å²) in [5, 5.41) is 21.6. The van der Waals surface area contributed by atoms with Crippen LogP contribution in [0.5, 0.6) is 5.75 Å². The Balaban J connectivity index is 1.67. The number of aliphatic hydroxyl groups excluding tert-OH is 1. The summed E-state index contributed by atoms with van der Waals surface area (Å²) in [6.45, 7) is 1.80. The summed E-state index contributed by atoms with van der Waals surface area (Å²) in [7, 11) is 0. The molecule has 2 rings (SSSR count). The second kappa shape index (κ2) is 4.64. The molecule has 3 heteroatoms. The van der Waals surface area contributed by atoms with Gasteiger partial charge in [-0.3, -0.25) is 0 Å². The Kier molecular flexibility index (Phi) is 3.23. The molecule has 1 aliphatic carbocycles. The van der Waals surface area contributed by atoms with Crippen molar-refractivity contribution in [2.24, 2.45) is 5.92 Å². The number of aromatic hydroxyl groups is 1. The third-order valence-electron chi connectivity index (χ3n) is 2.91. The van der Waals surface area contributed by atoms with Crippen molar-refractivity contribution in [2.75, 3.05) is 6.54 Å². The molecule has 1 aliphatic rings. The van der Waals surface area contributed by atoms with E-state index in [4.69, 9.17) is 10.2 Å². The summed E-state index contributed by atoms with van der Waals surface area (Å²) in [5.74, 6) is 0.943. The molecular formula is C12H17NO2. The van der Waals surface area contributed by atoms with Gasteiger partial charge in [0, 0.05) is 6.54 Å². The highest BCUT2D eigenvalue weighted by Gasteiger charge is 2.26. The lowest BCUT2D eigenvalue weighted by atomic mass is 9.82. The van der Waals surface area contributed by atoms with E-state index < -0.39 is 0 Å². The van der Waals surface area contributed by atoms with Gasteiger partial charge in [0.1, 0.15) is 5.75 Å². The van der Waals surface area contributed by atoms with Crippen LogP contribution in [-0.2, 0) is 6.54 Å². The highest BCUT2D eigenvalue weighted by atomic mass is 16.3. The summed E-state index contributed by atoms with van der Waals surface area (Å²) in [6, 6.07) is 7.23. The van der Waals surface area contributed by atoms with Gasteiger partial charge in [0.25, 0.3) is 0 Å². The minimum atomic E-state index is -0.0644. The summed E-state index contributed by atoms with van der Waals surface area (Å²) < 4.78 is 0. The molecule has 1 aromatic carbocycles. The predicted octanol–water partition coefficient (Wildman–Crippen LogP) is 1.25. The van der Waals surface area contributed by atoms with E-state index in [0.717, 1.165) is 25.9 Å². The van der Waals surface area contributed by atoms with Crippen LogP contribution in [0.15, 0.2) is 24.3 Å². The SMILES string of the molecule is Oc1ccc(CNCC2CC(O)C2)cc1. The Morgan fingerprint density at radius 3 is 2.47 bits per heavy atom. The average Bonchev–Trinajstić information content (AvgIpc) is 2.18. The number of phenols is 1. The van der Waals surface area contributed by atoms with Crippen LogP contribution < -0.4 is 5.32 Å². The van der Waals surface area contributed by atoms with Gasteiger partial charge in [-0.1, -0.05) is 12.1 Å². The molecule has 3 nitrogen and oxygen atoms in total. The van der Waals surface area contributed by atoms with E-state index in [1.807, 2.05) is 12.1 Å². The molecule has 0 saturated heterocycles. The first-order valence-electron chi connectivity index (χ1n) is 5.41. The van der Waals surface area contributed by atoms with Crippen LogP contribution in [0.3, 0.4) is 0 Å². The molecule has 0 aromatic heterocycles. The molecule has 0 bridgehead atoms. The molecule has 3 N–H and O–H groups in total. The van der Waals surface area contributed by atoms with Crippen LogP contribution in [-0.4, -0.2) is 22.9 Å². The zero-order chi connectivity index (χ0) is 10.7. The maximum atomic E-state index is 9.11. The minimum Gasteiger partial charge on any atom is -0.508 e. The van der Waals surface area contributed by atoms with Crippen molar-refractivity contribution in [3.63, 3.8) is 0 Å². The Bertz CT molecular complexity index is 304. The van der Waals surface area contributed by atoms with Gasteiger partial charge in [0.2, 0.25) is 0 Å². The number of phenolic OH excluding ortho intramolecular Hbond substituents is 1. The number of hydrogen-bond acceptors (Lipinski definition) is 3. The number of hydrogen-bond donors (Lipinski definition) is 3. The lowest BCUT2D eigenvalue weighted by molar-refractivity contribution is 0.0430. The fourth-order valence-corrected chi connectivity index (χ4v) is 1.90. The van der Waals surface area contributed by atoms with Crippen molar-refractivity contribution in [2.45, 2.75) is 25.5 Å². The first kappa shape index (κ1) is 10.5. The topological polar surface area (TPSA) is 52.5 Å². The van der Waals surface area contributed by atoms with Crippen LogP contribution in [0.1, 0.15) is 18.4 Å². The van der Waals surface area contributed by atoms with E-state index in [-0.39, 0.29) is 6.10 Å². The number of benzene rings is 1. The van der Waals surface area contributed by atoms with Crippen molar-refractivity contribution in [3.05, 3.63) is 29.8 Å². The predicted molar refractivity (Wildman–Crippen MR) is 58.5 cm³/mol. The second-order valence-electron chi connectivity index (χ2n) is 4.29. The zero-order valence-electron chi connectivity index (χ0n) is 8.69. The molecule has 1 fully saturated rings. The molecule has 0 amide bonds.